The first-order valence-corrected chi connectivity index (χ1v) is 11.5. The molecule has 0 aliphatic heterocycles. The highest BCUT2D eigenvalue weighted by atomic mass is 32.2. The van der Waals surface area contributed by atoms with Crippen molar-refractivity contribution in [3.63, 3.8) is 0 Å². The molecule has 0 saturated carbocycles. The Balaban J connectivity index is 1.82. The minimum atomic E-state index is -0.909. The Morgan fingerprint density at radius 2 is 1.93 bits per heavy atom. The summed E-state index contributed by atoms with van der Waals surface area (Å²) in [5.41, 5.74) is 2.10. The van der Waals surface area contributed by atoms with Crippen LogP contribution >= 0.6 is 0 Å². The molecule has 1 aromatic heterocycles. The van der Waals surface area contributed by atoms with Gasteiger partial charge >= 0.3 is 0 Å². The smallest absolute Gasteiger partial charge is 0.191 e. The van der Waals surface area contributed by atoms with Crippen LogP contribution in [0.1, 0.15) is 56.5 Å². The van der Waals surface area contributed by atoms with E-state index >= 15 is 0 Å². The topological polar surface area (TPSA) is 79.5 Å². The van der Waals surface area contributed by atoms with E-state index in [-0.39, 0.29) is 0 Å². The summed E-state index contributed by atoms with van der Waals surface area (Å²) in [7, 11) is -0.909. The van der Waals surface area contributed by atoms with Crippen molar-refractivity contribution in [3.05, 3.63) is 53.4 Å². The Morgan fingerprint density at radius 1 is 1.18 bits per heavy atom. The predicted octanol–water partition coefficient (Wildman–Crippen LogP) is 3.58. The van der Waals surface area contributed by atoms with E-state index in [1.807, 2.05) is 43.3 Å². The fourth-order valence-corrected chi connectivity index (χ4v) is 3.96. The standard InChI is InChI=1S/C21H32N4O2S/c1-4-18(5-2)20-14-19(27-25-20)15-24-21(22-6-3)23-12-13-28(26)16-17-10-8-7-9-11-17/h7-11,14,18H,4-6,12-13,15-16H2,1-3H3,(H2,22,23,24). The van der Waals surface area contributed by atoms with Crippen molar-refractivity contribution in [2.75, 3.05) is 18.8 Å². The van der Waals surface area contributed by atoms with E-state index in [4.69, 9.17) is 4.52 Å². The molecule has 0 spiro atoms. The normalized spacial score (nSPS) is 12.9. The summed E-state index contributed by atoms with van der Waals surface area (Å²) < 4.78 is 17.7. The van der Waals surface area contributed by atoms with E-state index in [2.05, 4.69) is 34.6 Å². The van der Waals surface area contributed by atoms with Gasteiger partial charge in [-0.15, -0.1) is 0 Å². The molecule has 0 radical (unpaired) electrons. The van der Waals surface area contributed by atoms with Crippen LogP contribution in [0, 0.1) is 0 Å². The zero-order chi connectivity index (χ0) is 20.2. The fraction of sp³-hybridized carbons (Fsp3) is 0.524. The minimum Gasteiger partial charge on any atom is -0.359 e. The second kappa shape index (κ2) is 12.3. The lowest BCUT2D eigenvalue weighted by Gasteiger charge is -2.10. The second-order valence-electron chi connectivity index (χ2n) is 6.63. The summed E-state index contributed by atoms with van der Waals surface area (Å²) >= 11 is 0. The van der Waals surface area contributed by atoms with Crippen LogP contribution in [0.5, 0.6) is 0 Å². The highest BCUT2D eigenvalue weighted by Crippen LogP contribution is 2.22. The molecule has 0 bridgehead atoms. The molecule has 0 saturated heterocycles. The largest absolute Gasteiger partial charge is 0.359 e. The molecule has 0 amide bonds. The van der Waals surface area contributed by atoms with Crippen LogP contribution < -0.4 is 10.6 Å². The van der Waals surface area contributed by atoms with E-state index in [1.54, 1.807) is 0 Å². The quantitative estimate of drug-likeness (QED) is 0.442. The first-order chi connectivity index (χ1) is 13.7. The Bertz CT molecular complexity index is 742. The number of nitrogens with zero attached hydrogens (tertiary/aromatic N) is 2. The van der Waals surface area contributed by atoms with E-state index in [9.17, 15) is 4.21 Å². The zero-order valence-corrected chi connectivity index (χ0v) is 17.9. The molecule has 2 rings (SSSR count). The van der Waals surface area contributed by atoms with Gasteiger partial charge < -0.3 is 15.2 Å². The van der Waals surface area contributed by atoms with Gasteiger partial charge in [0.1, 0.15) is 6.54 Å². The van der Waals surface area contributed by atoms with E-state index in [0.717, 1.165) is 36.4 Å². The van der Waals surface area contributed by atoms with Crippen LogP contribution in [0.15, 0.2) is 45.9 Å². The van der Waals surface area contributed by atoms with Gasteiger partial charge in [0.25, 0.3) is 0 Å². The van der Waals surface area contributed by atoms with Gasteiger partial charge in [-0.05, 0) is 25.3 Å². The average molecular weight is 405 g/mol. The Labute approximate surface area is 170 Å². The number of guanidine groups is 1. The third kappa shape index (κ3) is 7.46. The van der Waals surface area contributed by atoms with Crippen molar-refractivity contribution in [1.82, 2.24) is 15.8 Å². The molecular weight excluding hydrogens is 372 g/mol. The molecule has 6 nitrogen and oxygen atoms in total. The summed E-state index contributed by atoms with van der Waals surface area (Å²) in [6.07, 6.45) is 2.10. The number of aromatic nitrogens is 1. The highest BCUT2D eigenvalue weighted by molar-refractivity contribution is 7.84. The van der Waals surface area contributed by atoms with E-state index in [1.165, 1.54) is 0 Å². The van der Waals surface area contributed by atoms with Crippen LogP contribution in [-0.2, 0) is 23.1 Å². The number of benzene rings is 1. The summed E-state index contributed by atoms with van der Waals surface area (Å²) in [5.74, 6) is 3.03. The van der Waals surface area contributed by atoms with Crippen LogP contribution in [0.3, 0.4) is 0 Å². The van der Waals surface area contributed by atoms with Crippen molar-refractivity contribution in [1.29, 1.82) is 0 Å². The van der Waals surface area contributed by atoms with Gasteiger partial charge in [0.05, 0.1) is 5.69 Å². The van der Waals surface area contributed by atoms with Crippen molar-refractivity contribution >= 4 is 16.8 Å². The van der Waals surface area contributed by atoms with Crippen LogP contribution in [-0.4, -0.2) is 34.2 Å². The van der Waals surface area contributed by atoms with Gasteiger partial charge in [-0.2, -0.15) is 0 Å². The van der Waals surface area contributed by atoms with Crippen molar-refractivity contribution in [2.45, 2.75) is 51.8 Å². The molecule has 0 aliphatic carbocycles. The number of hydrogen-bond donors (Lipinski definition) is 2. The lowest BCUT2D eigenvalue weighted by atomic mass is 9.99. The Morgan fingerprint density at radius 3 is 2.61 bits per heavy atom. The number of rotatable bonds is 11. The predicted molar refractivity (Wildman–Crippen MR) is 116 cm³/mol. The molecule has 1 unspecified atom stereocenters. The van der Waals surface area contributed by atoms with E-state index in [0.29, 0.717) is 36.5 Å². The highest BCUT2D eigenvalue weighted by Gasteiger charge is 2.12. The monoisotopic (exact) mass is 404 g/mol. The lowest BCUT2D eigenvalue weighted by Crippen LogP contribution is -2.39. The molecule has 154 valence electrons. The van der Waals surface area contributed by atoms with Crippen molar-refractivity contribution in [3.8, 4) is 0 Å². The molecule has 28 heavy (non-hydrogen) atoms. The van der Waals surface area contributed by atoms with Crippen LogP contribution in [0.25, 0.3) is 0 Å². The Hall–Kier alpha value is -2.15. The molecule has 1 heterocycles. The third-order valence-electron chi connectivity index (χ3n) is 4.51. The molecule has 2 N–H and O–H groups in total. The number of hydrogen-bond acceptors (Lipinski definition) is 4. The average Bonchev–Trinajstić information content (AvgIpc) is 3.16. The number of nitrogens with one attached hydrogen (secondary N) is 2. The fourth-order valence-electron chi connectivity index (χ4n) is 2.92. The minimum absolute atomic E-state index is 0.426. The SMILES string of the molecule is CCNC(=NCc1cc(C(CC)CC)no1)NCCS(=O)Cc1ccccc1. The van der Waals surface area contributed by atoms with Crippen molar-refractivity contribution in [2.24, 2.45) is 4.99 Å². The molecule has 2 aromatic rings. The molecular formula is C21H32N4O2S. The summed E-state index contributed by atoms with van der Waals surface area (Å²) in [5, 5.41) is 10.6. The van der Waals surface area contributed by atoms with Gasteiger partial charge in [-0.3, -0.25) is 4.21 Å². The maximum Gasteiger partial charge on any atom is 0.191 e. The third-order valence-corrected chi connectivity index (χ3v) is 5.83. The Kier molecular flexibility index (Phi) is 9.76. The maximum atomic E-state index is 12.2. The first kappa shape index (κ1) is 22.1. The van der Waals surface area contributed by atoms with Gasteiger partial charge in [0, 0.05) is 47.4 Å². The van der Waals surface area contributed by atoms with Crippen LogP contribution in [0.4, 0.5) is 0 Å². The summed E-state index contributed by atoms with van der Waals surface area (Å²) in [4.78, 5) is 4.55. The van der Waals surface area contributed by atoms with E-state index < -0.39 is 10.8 Å². The second-order valence-corrected chi connectivity index (χ2v) is 8.20. The maximum absolute atomic E-state index is 12.2. The molecule has 0 fully saturated rings. The number of aliphatic imine (C=N–C) groups is 1. The molecule has 0 aliphatic rings. The first-order valence-electron chi connectivity index (χ1n) is 10.0. The lowest BCUT2D eigenvalue weighted by molar-refractivity contribution is 0.372. The zero-order valence-electron chi connectivity index (χ0n) is 17.1. The van der Waals surface area contributed by atoms with Crippen LogP contribution in [0.2, 0.25) is 0 Å². The summed E-state index contributed by atoms with van der Waals surface area (Å²) in [6.45, 7) is 8.13. The molecule has 7 heteroatoms. The van der Waals surface area contributed by atoms with Gasteiger partial charge in [-0.25, -0.2) is 4.99 Å². The molecule has 1 atom stereocenters. The van der Waals surface area contributed by atoms with Gasteiger partial charge in [0.2, 0.25) is 0 Å². The summed E-state index contributed by atoms with van der Waals surface area (Å²) in [6, 6.07) is 11.9. The van der Waals surface area contributed by atoms with Gasteiger partial charge in [-0.1, -0.05) is 49.3 Å². The van der Waals surface area contributed by atoms with Crippen molar-refractivity contribution < 1.29 is 8.73 Å². The molecule has 1 aromatic carbocycles. The van der Waals surface area contributed by atoms with Gasteiger partial charge in [0.15, 0.2) is 11.7 Å².